The number of aromatic nitrogens is 2. The summed E-state index contributed by atoms with van der Waals surface area (Å²) in [6.07, 6.45) is 4.10. The van der Waals surface area contributed by atoms with Crippen LogP contribution in [0.15, 0.2) is 47.5 Å². The van der Waals surface area contributed by atoms with Gasteiger partial charge in [-0.25, -0.2) is 4.98 Å². The minimum Gasteiger partial charge on any atom is -0.474 e. The molecule has 6 N–H and O–H groups in total. The molecule has 176 valence electrons. The summed E-state index contributed by atoms with van der Waals surface area (Å²) in [6.45, 7) is 4.89. The number of nitrogens with two attached hydrogens (primary N) is 1. The summed E-state index contributed by atoms with van der Waals surface area (Å²) in [5.74, 6) is 0.0304. The molecular weight excluding hydrogens is 434 g/mol. The van der Waals surface area contributed by atoms with Gasteiger partial charge in [-0.05, 0) is 43.7 Å². The number of fused-ring (bicyclic) bond motifs is 1. The Balaban J connectivity index is 1.36. The molecule has 1 atom stereocenters. The molecular formula is C24H27N7O3. The van der Waals surface area contributed by atoms with Gasteiger partial charge in [-0.3, -0.25) is 9.59 Å². The van der Waals surface area contributed by atoms with E-state index in [1.165, 1.54) is 6.20 Å². The average molecular weight is 462 g/mol. The first-order valence-electron chi connectivity index (χ1n) is 11.3. The Bertz CT molecular complexity index is 1270. The number of hydrogen-bond donors (Lipinski definition) is 5. The van der Waals surface area contributed by atoms with Crippen molar-refractivity contribution >= 4 is 34.3 Å². The molecule has 1 saturated heterocycles. The van der Waals surface area contributed by atoms with Crippen LogP contribution >= 0.6 is 0 Å². The van der Waals surface area contributed by atoms with Crippen LogP contribution in [0.4, 0.5) is 28.4 Å². The van der Waals surface area contributed by atoms with E-state index in [1.54, 1.807) is 12.3 Å². The normalized spacial score (nSPS) is 16.9. The van der Waals surface area contributed by atoms with E-state index in [2.05, 4.69) is 30.8 Å². The second-order valence-electron chi connectivity index (χ2n) is 8.47. The molecule has 2 aliphatic rings. The van der Waals surface area contributed by atoms with Gasteiger partial charge >= 0.3 is 0 Å². The molecule has 5 rings (SSSR count). The summed E-state index contributed by atoms with van der Waals surface area (Å²) in [7, 11) is 0. The number of H-pyrrole nitrogens is 1. The lowest BCUT2D eigenvalue weighted by Gasteiger charge is -2.22. The van der Waals surface area contributed by atoms with E-state index in [0.29, 0.717) is 36.1 Å². The lowest BCUT2D eigenvalue weighted by molar-refractivity contribution is 0.102. The highest BCUT2D eigenvalue weighted by Gasteiger charge is 2.21. The van der Waals surface area contributed by atoms with Crippen molar-refractivity contribution in [1.82, 2.24) is 9.97 Å². The number of aromatic amines is 1. The summed E-state index contributed by atoms with van der Waals surface area (Å²) in [6, 6.07) is 9.37. The van der Waals surface area contributed by atoms with Crippen LogP contribution in [0.3, 0.4) is 0 Å². The molecule has 2 aromatic heterocycles. The highest BCUT2D eigenvalue weighted by atomic mass is 16.5. The smallest absolute Gasteiger partial charge is 0.263 e. The van der Waals surface area contributed by atoms with Crippen LogP contribution < -0.4 is 36.9 Å². The van der Waals surface area contributed by atoms with Crippen LogP contribution in [-0.2, 0) is 0 Å². The van der Waals surface area contributed by atoms with Crippen molar-refractivity contribution < 1.29 is 9.53 Å². The zero-order valence-corrected chi connectivity index (χ0v) is 18.9. The fourth-order valence-corrected chi connectivity index (χ4v) is 4.27. The van der Waals surface area contributed by atoms with E-state index in [-0.39, 0.29) is 11.6 Å². The molecule has 2 aliphatic heterocycles. The van der Waals surface area contributed by atoms with E-state index in [4.69, 9.17) is 10.5 Å². The SMILES string of the molecule is Cc1c(Nc2cc[nH]c(=O)c2C(=O)Nc2ccc(N3CCC(N)C3)cc2)cnc2c1NCCO2. The fraction of sp³-hybridized carbons (Fsp3) is 0.292. The summed E-state index contributed by atoms with van der Waals surface area (Å²) in [5.41, 5.74) is 9.87. The van der Waals surface area contributed by atoms with Gasteiger partial charge in [0.15, 0.2) is 0 Å². The molecule has 3 aromatic rings. The molecule has 0 saturated carbocycles. The van der Waals surface area contributed by atoms with Crippen LogP contribution in [0.5, 0.6) is 5.88 Å². The number of carbonyl (C=O) groups is 1. The largest absolute Gasteiger partial charge is 0.474 e. The standard InChI is InChI=1S/C24H27N7O3/c1-14-19(12-28-24-21(14)26-9-11-34-24)30-18-6-8-27-22(32)20(18)23(33)29-16-2-4-17(5-3-16)31-10-7-15(25)13-31/h2-6,8,12,15,26H,7,9-11,13,25H2,1H3,(H,29,33)(H2,27,30,32). The highest BCUT2D eigenvalue weighted by molar-refractivity contribution is 6.08. The van der Waals surface area contributed by atoms with Gasteiger partial charge in [0.1, 0.15) is 17.9 Å². The topological polar surface area (TPSA) is 137 Å². The first-order chi connectivity index (χ1) is 16.5. The molecule has 1 aromatic carbocycles. The molecule has 1 unspecified atom stereocenters. The number of anilines is 5. The zero-order valence-electron chi connectivity index (χ0n) is 18.9. The van der Waals surface area contributed by atoms with Crippen molar-refractivity contribution in [3.8, 4) is 5.88 Å². The first kappa shape index (κ1) is 21.8. The molecule has 0 aliphatic carbocycles. The van der Waals surface area contributed by atoms with E-state index in [0.717, 1.165) is 36.4 Å². The third-order valence-corrected chi connectivity index (χ3v) is 6.12. The number of nitrogens with one attached hydrogen (secondary N) is 4. The lowest BCUT2D eigenvalue weighted by Crippen LogP contribution is -2.26. The molecule has 0 spiro atoms. The van der Waals surface area contributed by atoms with Gasteiger partial charge in [0, 0.05) is 48.8 Å². The summed E-state index contributed by atoms with van der Waals surface area (Å²) in [5, 5.41) is 9.30. The third kappa shape index (κ3) is 4.27. The first-order valence-corrected chi connectivity index (χ1v) is 11.3. The van der Waals surface area contributed by atoms with Gasteiger partial charge in [0.05, 0.1) is 17.6 Å². The van der Waals surface area contributed by atoms with Crippen LogP contribution in [0, 0.1) is 6.92 Å². The van der Waals surface area contributed by atoms with Crippen molar-refractivity contribution in [1.29, 1.82) is 0 Å². The Morgan fingerprint density at radius 2 is 2.06 bits per heavy atom. The lowest BCUT2D eigenvalue weighted by atomic mass is 10.1. The van der Waals surface area contributed by atoms with Crippen molar-refractivity contribution in [2.75, 3.05) is 47.1 Å². The molecule has 1 fully saturated rings. The molecule has 0 radical (unpaired) electrons. The van der Waals surface area contributed by atoms with Crippen molar-refractivity contribution in [2.45, 2.75) is 19.4 Å². The van der Waals surface area contributed by atoms with Crippen molar-refractivity contribution in [2.24, 2.45) is 5.73 Å². The monoisotopic (exact) mass is 461 g/mol. The predicted octanol–water partition coefficient (Wildman–Crippen LogP) is 2.42. The predicted molar refractivity (Wildman–Crippen MR) is 133 cm³/mol. The van der Waals surface area contributed by atoms with Crippen molar-refractivity contribution in [3.05, 3.63) is 64.2 Å². The van der Waals surface area contributed by atoms with E-state index < -0.39 is 11.5 Å². The molecule has 4 heterocycles. The Morgan fingerprint density at radius 3 is 2.82 bits per heavy atom. The minimum absolute atomic E-state index is 0.0153. The van der Waals surface area contributed by atoms with Gasteiger partial charge in [-0.2, -0.15) is 0 Å². The Hall–Kier alpha value is -4.05. The molecule has 1 amide bonds. The maximum Gasteiger partial charge on any atom is 0.263 e. The second kappa shape index (κ2) is 9.06. The van der Waals surface area contributed by atoms with Gasteiger partial charge in [0.25, 0.3) is 11.5 Å². The molecule has 0 bridgehead atoms. The quantitative estimate of drug-likeness (QED) is 0.391. The van der Waals surface area contributed by atoms with Gasteiger partial charge < -0.3 is 36.3 Å². The van der Waals surface area contributed by atoms with E-state index >= 15 is 0 Å². The van der Waals surface area contributed by atoms with E-state index in [1.807, 2.05) is 31.2 Å². The molecule has 10 nitrogen and oxygen atoms in total. The third-order valence-electron chi connectivity index (χ3n) is 6.12. The van der Waals surface area contributed by atoms with Gasteiger partial charge in [-0.15, -0.1) is 0 Å². The summed E-state index contributed by atoms with van der Waals surface area (Å²) < 4.78 is 5.57. The van der Waals surface area contributed by atoms with Crippen LogP contribution in [0.25, 0.3) is 0 Å². The van der Waals surface area contributed by atoms with E-state index in [9.17, 15) is 9.59 Å². The van der Waals surface area contributed by atoms with Crippen LogP contribution in [0.2, 0.25) is 0 Å². The Kier molecular flexibility index (Phi) is 5.81. The number of pyridine rings is 2. The summed E-state index contributed by atoms with van der Waals surface area (Å²) in [4.78, 5) is 34.9. The number of ether oxygens (including phenoxy) is 1. The Morgan fingerprint density at radius 1 is 1.24 bits per heavy atom. The number of hydrogen-bond acceptors (Lipinski definition) is 8. The fourth-order valence-electron chi connectivity index (χ4n) is 4.27. The van der Waals surface area contributed by atoms with Gasteiger partial charge in [0.2, 0.25) is 5.88 Å². The zero-order chi connectivity index (χ0) is 23.7. The number of benzene rings is 1. The summed E-state index contributed by atoms with van der Waals surface area (Å²) >= 11 is 0. The number of amides is 1. The second-order valence-corrected chi connectivity index (χ2v) is 8.47. The molecule has 34 heavy (non-hydrogen) atoms. The van der Waals surface area contributed by atoms with Crippen molar-refractivity contribution in [3.63, 3.8) is 0 Å². The Labute approximate surface area is 196 Å². The number of nitrogens with zero attached hydrogens (tertiary/aromatic N) is 2. The minimum atomic E-state index is -0.509. The maximum absolute atomic E-state index is 13.1. The number of carbonyl (C=O) groups excluding carboxylic acids is 1. The van der Waals surface area contributed by atoms with Gasteiger partial charge in [-0.1, -0.05) is 0 Å². The van der Waals surface area contributed by atoms with Crippen LogP contribution in [0.1, 0.15) is 22.3 Å². The number of rotatable bonds is 5. The average Bonchev–Trinajstić information content (AvgIpc) is 3.28. The molecule has 10 heteroatoms. The maximum atomic E-state index is 13.1. The highest BCUT2D eigenvalue weighted by Crippen LogP contribution is 2.34. The van der Waals surface area contributed by atoms with Crippen LogP contribution in [-0.4, -0.2) is 48.2 Å².